The van der Waals surface area contributed by atoms with Crippen LogP contribution in [-0.4, -0.2) is 11.7 Å². The first-order valence-corrected chi connectivity index (χ1v) is 7.64. The van der Waals surface area contributed by atoms with Gasteiger partial charge in [0.2, 0.25) is 0 Å². The highest BCUT2D eigenvalue weighted by molar-refractivity contribution is 8.79. The lowest BCUT2D eigenvalue weighted by atomic mass is 10.2. The molecule has 1 aromatic carbocycles. The van der Waals surface area contributed by atoms with Crippen LogP contribution in [0, 0.1) is 0 Å². The summed E-state index contributed by atoms with van der Waals surface area (Å²) in [5, 5.41) is 9.68. The molecular weight excluding hydrogens is 264 g/mol. The second kappa shape index (κ2) is 6.07. The number of hydrogen-bond acceptors (Lipinski definition) is 4. The van der Waals surface area contributed by atoms with Crippen LogP contribution >= 0.6 is 21.6 Å². The molecule has 1 heterocycles. The van der Waals surface area contributed by atoms with Gasteiger partial charge >= 0.3 is 0 Å². The fourth-order valence-corrected chi connectivity index (χ4v) is 3.19. The van der Waals surface area contributed by atoms with Crippen molar-refractivity contribution in [2.24, 2.45) is 0 Å². The van der Waals surface area contributed by atoms with Crippen LogP contribution < -0.4 is 0 Å². The third-order valence-electron chi connectivity index (χ3n) is 2.38. The maximum atomic E-state index is 9.68. The van der Waals surface area contributed by atoms with Gasteiger partial charge in [-0.1, -0.05) is 46.4 Å². The minimum absolute atomic E-state index is 0.192. The zero-order valence-electron chi connectivity index (χ0n) is 10.1. The normalized spacial score (nSPS) is 14.7. The van der Waals surface area contributed by atoms with Crippen LogP contribution in [0.2, 0.25) is 0 Å². The molecule has 18 heavy (non-hydrogen) atoms. The Balaban J connectivity index is 1.95. The number of ether oxygens (including phenoxy) is 1. The lowest BCUT2D eigenvalue weighted by Crippen LogP contribution is -1.96. The molecule has 0 aromatic heterocycles. The van der Waals surface area contributed by atoms with E-state index >= 15 is 0 Å². The van der Waals surface area contributed by atoms with Crippen molar-refractivity contribution in [2.75, 3.05) is 6.61 Å². The maximum Gasteiger partial charge on any atom is 0.126 e. The smallest absolute Gasteiger partial charge is 0.126 e. The van der Waals surface area contributed by atoms with E-state index in [2.05, 4.69) is 25.7 Å². The van der Waals surface area contributed by atoms with Gasteiger partial charge in [-0.25, -0.2) is 0 Å². The van der Waals surface area contributed by atoms with E-state index in [1.165, 1.54) is 4.91 Å². The Hall–Kier alpha value is -1.26. The van der Waals surface area contributed by atoms with Gasteiger partial charge in [-0.05, 0) is 30.0 Å². The van der Waals surface area contributed by atoms with Gasteiger partial charge in [0.05, 0.1) is 5.56 Å². The molecule has 0 saturated heterocycles. The van der Waals surface area contributed by atoms with Crippen molar-refractivity contribution in [2.45, 2.75) is 6.92 Å². The topological polar surface area (TPSA) is 29.5 Å². The molecule has 0 spiro atoms. The van der Waals surface area contributed by atoms with Gasteiger partial charge in [0.1, 0.15) is 18.1 Å². The molecule has 0 radical (unpaired) electrons. The zero-order chi connectivity index (χ0) is 13.0. The summed E-state index contributed by atoms with van der Waals surface area (Å²) in [5.41, 5.74) is 0.637. The molecular formula is C14H14O2S2. The Labute approximate surface area is 115 Å². The van der Waals surface area contributed by atoms with Crippen LogP contribution in [0.25, 0.3) is 5.76 Å². The van der Waals surface area contributed by atoms with Crippen LogP contribution in [0.15, 0.2) is 52.8 Å². The molecule has 0 saturated carbocycles. The molecule has 0 amide bonds. The van der Waals surface area contributed by atoms with Crippen LogP contribution in [0.1, 0.15) is 12.5 Å². The van der Waals surface area contributed by atoms with Crippen LogP contribution in [0.4, 0.5) is 0 Å². The summed E-state index contributed by atoms with van der Waals surface area (Å²) in [6, 6.07) is 7.04. The average molecular weight is 278 g/mol. The van der Waals surface area contributed by atoms with Crippen LogP contribution in [0.3, 0.4) is 0 Å². The third-order valence-corrected chi connectivity index (χ3v) is 5.01. The highest BCUT2D eigenvalue weighted by atomic mass is 33.1. The van der Waals surface area contributed by atoms with Gasteiger partial charge in [0.15, 0.2) is 0 Å². The van der Waals surface area contributed by atoms with Gasteiger partial charge in [-0.3, -0.25) is 0 Å². The first-order chi connectivity index (χ1) is 8.66. The fourth-order valence-electron chi connectivity index (χ4n) is 1.40. The largest absolute Gasteiger partial charge is 0.507 e. The fraction of sp³-hybridized carbons (Fsp3) is 0.143. The molecule has 0 atom stereocenters. The van der Waals surface area contributed by atoms with E-state index in [-0.39, 0.29) is 5.75 Å². The minimum Gasteiger partial charge on any atom is -0.507 e. The lowest BCUT2D eigenvalue weighted by molar-refractivity contribution is 0.315. The van der Waals surface area contributed by atoms with Crippen LogP contribution in [-0.2, 0) is 4.74 Å². The molecule has 4 heteroatoms. The summed E-state index contributed by atoms with van der Waals surface area (Å²) >= 11 is 0. The molecule has 1 aliphatic rings. The molecule has 2 nitrogen and oxygen atoms in total. The summed E-state index contributed by atoms with van der Waals surface area (Å²) in [7, 11) is 3.42. The summed E-state index contributed by atoms with van der Waals surface area (Å²) in [4.78, 5) is 2.42. The summed E-state index contributed by atoms with van der Waals surface area (Å²) in [5.74, 6) is 0.684. The van der Waals surface area contributed by atoms with E-state index in [0.717, 1.165) is 4.91 Å². The van der Waals surface area contributed by atoms with Gasteiger partial charge in [0.25, 0.3) is 0 Å². The third kappa shape index (κ3) is 3.37. The van der Waals surface area contributed by atoms with E-state index in [0.29, 0.717) is 17.9 Å². The number of para-hydroxylation sites is 1. The standard InChI is InChI=1S/C14H14O2S2/c1-10-7-8-12(18-17-10)9-16-11(2)13-5-3-4-6-14(13)15/h3-8,15H,2,9H2,1H3. The summed E-state index contributed by atoms with van der Waals surface area (Å²) in [6.07, 6.45) is 4.12. The molecule has 1 aliphatic heterocycles. The predicted molar refractivity (Wildman–Crippen MR) is 80.1 cm³/mol. The Bertz CT molecular complexity index is 518. The van der Waals surface area contributed by atoms with E-state index in [1.54, 1.807) is 39.8 Å². The first kappa shape index (κ1) is 13.2. The van der Waals surface area contributed by atoms with E-state index < -0.39 is 0 Å². The molecule has 0 bridgehead atoms. The van der Waals surface area contributed by atoms with Crippen molar-refractivity contribution in [3.05, 3.63) is 58.4 Å². The van der Waals surface area contributed by atoms with Crippen molar-refractivity contribution < 1.29 is 9.84 Å². The van der Waals surface area contributed by atoms with Crippen molar-refractivity contribution in [3.8, 4) is 5.75 Å². The molecule has 0 unspecified atom stereocenters. The van der Waals surface area contributed by atoms with Crippen LogP contribution in [0.5, 0.6) is 5.75 Å². The Morgan fingerprint density at radius 2 is 2.06 bits per heavy atom. The minimum atomic E-state index is 0.192. The monoisotopic (exact) mass is 278 g/mol. The summed E-state index contributed by atoms with van der Waals surface area (Å²) < 4.78 is 5.60. The quantitative estimate of drug-likeness (QED) is 0.645. The number of rotatable bonds is 4. The number of hydrogen-bond donors (Lipinski definition) is 1. The Morgan fingerprint density at radius 1 is 1.28 bits per heavy atom. The van der Waals surface area contributed by atoms with Crippen molar-refractivity contribution in [3.63, 3.8) is 0 Å². The number of aromatic hydroxyl groups is 1. The second-order valence-corrected chi connectivity index (χ2v) is 6.31. The van der Waals surface area contributed by atoms with Gasteiger partial charge in [-0.15, -0.1) is 0 Å². The number of allylic oxidation sites excluding steroid dienone is 3. The van der Waals surface area contributed by atoms with Crippen molar-refractivity contribution in [1.29, 1.82) is 0 Å². The van der Waals surface area contributed by atoms with Crippen molar-refractivity contribution in [1.82, 2.24) is 0 Å². The van der Waals surface area contributed by atoms with Crippen molar-refractivity contribution >= 4 is 27.3 Å². The van der Waals surface area contributed by atoms with Gasteiger partial charge in [-0.2, -0.15) is 0 Å². The number of benzene rings is 1. The molecule has 0 aliphatic carbocycles. The van der Waals surface area contributed by atoms with E-state index in [4.69, 9.17) is 4.74 Å². The molecule has 0 fully saturated rings. The second-order valence-electron chi connectivity index (χ2n) is 3.81. The molecule has 2 rings (SSSR count). The highest BCUT2D eigenvalue weighted by Crippen LogP contribution is 2.40. The average Bonchev–Trinajstić information content (AvgIpc) is 2.38. The Morgan fingerprint density at radius 3 is 2.72 bits per heavy atom. The maximum absolute atomic E-state index is 9.68. The SMILES string of the molecule is C=C(OCC1=CC=C(C)SS1)c1ccccc1O. The first-order valence-electron chi connectivity index (χ1n) is 5.49. The molecule has 1 aromatic rings. The highest BCUT2D eigenvalue weighted by Gasteiger charge is 2.09. The number of phenols is 1. The summed E-state index contributed by atoms with van der Waals surface area (Å²) in [6.45, 7) is 6.40. The predicted octanol–water partition coefficient (Wildman–Crippen LogP) is 4.56. The van der Waals surface area contributed by atoms with Gasteiger partial charge < -0.3 is 9.84 Å². The van der Waals surface area contributed by atoms with Gasteiger partial charge in [0, 0.05) is 4.91 Å². The zero-order valence-corrected chi connectivity index (χ0v) is 11.7. The van der Waals surface area contributed by atoms with E-state index in [1.807, 2.05) is 6.07 Å². The molecule has 1 N–H and O–H groups in total. The lowest BCUT2D eigenvalue weighted by Gasteiger charge is -2.14. The number of phenolic OH excluding ortho intramolecular Hbond substituents is 1. The Kier molecular flexibility index (Phi) is 4.44. The van der Waals surface area contributed by atoms with E-state index in [9.17, 15) is 5.11 Å². The molecule has 94 valence electrons.